The summed E-state index contributed by atoms with van der Waals surface area (Å²) in [4.78, 5) is 22.2. The largest absolute Gasteiger partial charge is 0.481 e. The van der Waals surface area contributed by atoms with Crippen LogP contribution in [0.1, 0.15) is 29.5 Å². The first-order valence-corrected chi connectivity index (χ1v) is 6.93. The lowest BCUT2D eigenvalue weighted by molar-refractivity contribution is -0.137. The molecule has 0 saturated carbocycles. The number of aliphatic carboxylic acids is 1. The lowest BCUT2D eigenvalue weighted by Gasteiger charge is -2.04. The number of hydrogen-bond acceptors (Lipinski definition) is 3. The van der Waals surface area contributed by atoms with Gasteiger partial charge in [-0.3, -0.25) is 9.59 Å². The van der Waals surface area contributed by atoms with E-state index in [1.807, 2.05) is 26.0 Å². The number of hydrogen-bond donors (Lipinski definition) is 2. The second-order valence-electron chi connectivity index (χ2n) is 5.22. The van der Waals surface area contributed by atoms with Crippen molar-refractivity contribution in [2.24, 2.45) is 0 Å². The van der Waals surface area contributed by atoms with E-state index in [0.29, 0.717) is 13.0 Å². The first kappa shape index (κ1) is 15.1. The van der Waals surface area contributed by atoms with Crippen molar-refractivity contribution in [1.82, 2.24) is 5.32 Å². The third kappa shape index (κ3) is 3.84. The summed E-state index contributed by atoms with van der Waals surface area (Å²) in [5.74, 6) is -0.975. The third-order valence-electron chi connectivity index (χ3n) is 3.51. The number of amides is 1. The molecule has 0 bridgehead atoms. The number of furan rings is 1. The Kier molecular flexibility index (Phi) is 4.62. The van der Waals surface area contributed by atoms with Gasteiger partial charge in [-0.15, -0.1) is 0 Å². The molecule has 0 fully saturated rings. The summed E-state index contributed by atoms with van der Waals surface area (Å²) in [7, 11) is 0. The van der Waals surface area contributed by atoms with Gasteiger partial charge < -0.3 is 14.8 Å². The Morgan fingerprint density at radius 2 is 1.95 bits per heavy atom. The second-order valence-corrected chi connectivity index (χ2v) is 5.22. The number of carbonyl (C=O) groups excluding carboxylic acids is 1. The van der Waals surface area contributed by atoms with E-state index >= 15 is 0 Å². The molecule has 0 radical (unpaired) electrons. The molecular weight excluding hydrogens is 270 g/mol. The molecule has 0 unspecified atom stereocenters. The van der Waals surface area contributed by atoms with Crippen LogP contribution in [0.15, 0.2) is 22.8 Å². The van der Waals surface area contributed by atoms with Crippen molar-refractivity contribution in [2.45, 2.75) is 33.1 Å². The highest BCUT2D eigenvalue weighted by Crippen LogP contribution is 2.25. The maximum absolute atomic E-state index is 11.9. The zero-order valence-electron chi connectivity index (χ0n) is 12.2. The predicted octanol–water partition coefficient (Wildman–Crippen LogP) is 2.57. The fraction of sp³-hybridized carbons (Fsp3) is 0.375. The Morgan fingerprint density at radius 3 is 2.67 bits per heavy atom. The second kappa shape index (κ2) is 6.43. The number of carboxylic acids is 1. The zero-order chi connectivity index (χ0) is 15.4. The van der Waals surface area contributed by atoms with Crippen LogP contribution in [-0.2, 0) is 16.0 Å². The Hall–Kier alpha value is -2.30. The smallest absolute Gasteiger partial charge is 0.303 e. The molecule has 1 aromatic heterocycles. The molecule has 5 heteroatoms. The van der Waals surface area contributed by atoms with E-state index in [9.17, 15) is 9.59 Å². The van der Waals surface area contributed by atoms with Crippen LogP contribution in [-0.4, -0.2) is 23.5 Å². The average Bonchev–Trinajstić information content (AvgIpc) is 2.78. The Bertz CT molecular complexity index is 672. The van der Waals surface area contributed by atoms with Gasteiger partial charge in [0.1, 0.15) is 5.58 Å². The maximum Gasteiger partial charge on any atom is 0.303 e. The molecule has 2 rings (SSSR count). The van der Waals surface area contributed by atoms with Crippen molar-refractivity contribution in [2.75, 3.05) is 6.54 Å². The van der Waals surface area contributed by atoms with Gasteiger partial charge in [0.25, 0.3) is 0 Å². The molecule has 2 aromatic rings. The van der Waals surface area contributed by atoms with Crippen molar-refractivity contribution in [3.63, 3.8) is 0 Å². The summed E-state index contributed by atoms with van der Waals surface area (Å²) >= 11 is 0. The molecule has 0 aliphatic rings. The van der Waals surface area contributed by atoms with Crippen LogP contribution >= 0.6 is 0 Å². The lowest BCUT2D eigenvalue weighted by atomic mass is 10.0. The number of carbonyl (C=O) groups is 2. The van der Waals surface area contributed by atoms with Gasteiger partial charge in [0.15, 0.2) is 0 Å². The third-order valence-corrected chi connectivity index (χ3v) is 3.51. The van der Waals surface area contributed by atoms with Gasteiger partial charge in [0, 0.05) is 23.9 Å². The maximum atomic E-state index is 11.9. The molecular formula is C16H19NO4. The first-order chi connectivity index (χ1) is 9.97. The highest BCUT2D eigenvalue weighted by molar-refractivity contribution is 5.88. The first-order valence-electron chi connectivity index (χ1n) is 6.93. The minimum Gasteiger partial charge on any atom is -0.481 e. The Balaban J connectivity index is 1.98. The van der Waals surface area contributed by atoms with E-state index in [1.165, 1.54) is 0 Å². The predicted molar refractivity (Wildman–Crippen MR) is 79.3 cm³/mol. The van der Waals surface area contributed by atoms with Crippen molar-refractivity contribution in [3.8, 4) is 0 Å². The Labute approximate surface area is 122 Å². The van der Waals surface area contributed by atoms with E-state index in [1.54, 1.807) is 6.26 Å². The average molecular weight is 289 g/mol. The minimum atomic E-state index is -0.851. The summed E-state index contributed by atoms with van der Waals surface area (Å²) in [6.45, 7) is 4.42. The van der Waals surface area contributed by atoms with E-state index in [4.69, 9.17) is 9.52 Å². The van der Waals surface area contributed by atoms with Crippen LogP contribution in [0.3, 0.4) is 0 Å². The summed E-state index contributed by atoms with van der Waals surface area (Å²) < 4.78 is 5.49. The van der Waals surface area contributed by atoms with Gasteiger partial charge in [0.2, 0.25) is 5.91 Å². The molecule has 0 aliphatic carbocycles. The standard InChI is InChI=1S/C16H19NO4/c1-10-6-13-12(9-21-14(13)7-11(10)2)8-15(18)17-5-3-4-16(19)20/h6-7,9H,3-5,8H2,1-2H3,(H,17,18)(H,19,20). The summed E-state index contributed by atoms with van der Waals surface area (Å²) in [5, 5.41) is 12.2. The van der Waals surface area contributed by atoms with E-state index in [0.717, 1.165) is 27.7 Å². The van der Waals surface area contributed by atoms with Gasteiger partial charge in [0.05, 0.1) is 12.7 Å². The quantitative estimate of drug-likeness (QED) is 0.801. The molecule has 0 atom stereocenters. The van der Waals surface area contributed by atoms with Crippen molar-refractivity contribution >= 4 is 22.8 Å². The zero-order valence-corrected chi connectivity index (χ0v) is 12.2. The number of fused-ring (bicyclic) bond motifs is 1. The Morgan fingerprint density at radius 1 is 1.24 bits per heavy atom. The van der Waals surface area contributed by atoms with Crippen molar-refractivity contribution < 1.29 is 19.1 Å². The number of rotatable bonds is 6. The van der Waals surface area contributed by atoms with Gasteiger partial charge in [-0.2, -0.15) is 0 Å². The molecule has 1 heterocycles. The molecule has 0 aliphatic heterocycles. The fourth-order valence-electron chi connectivity index (χ4n) is 2.18. The van der Waals surface area contributed by atoms with Gasteiger partial charge in [-0.1, -0.05) is 0 Å². The molecule has 0 spiro atoms. The van der Waals surface area contributed by atoms with Crippen LogP contribution in [0.4, 0.5) is 0 Å². The number of nitrogens with one attached hydrogen (secondary N) is 1. The monoisotopic (exact) mass is 289 g/mol. The van der Waals surface area contributed by atoms with Crippen LogP contribution in [0.25, 0.3) is 11.0 Å². The van der Waals surface area contributed by atoms with Crippen LogP contribution in [0.2, 0.25) is 0 Å². The molecule has 112 valence electrons. The SMILES string of the molecule is Cc1cc2occ(CC(=O)NCCCC(=O)O)c2cc1C. The normalized spacial score (nSPS) is 10.8. The van der Waals surface area contributed by atoms with E-state index in [-0.39, 0.29) is 18.7 Å². The molecule has 0 saturated heterocycles. The van der Waals surface area contributed by atoms with Gasteiger partial charge in [-0.05, 0) is 43.5 Å². The topological polar surface area (TPSA) is 79.5 Å². The van der Waals surface area contributed by atoms with Crippen molar-refractivity contribution in [3.05, 3.63) is 35.1 Å². The number of aryl methyl sites for hydroxylation is 2. The van der Waals surface area contributed by atoms with Gasteiger partial charge in [-0.25, -0.2) is 0 Å². The summed E-state index contributed by atoms with van der Waals surface area (Å²) in [6, 6.07) is 4.00. The minimum absolute atomic E-state index is 0.0629. The molecule has 2 N–H and O–H groups in total. The van der Waals surface area contributed by atoms with Crippen LogP contribution < -0.4 is 5.32 Å². The highest BCUT2D eigenvalue weighted by atomic mass is 16.4. The summed E-state index contributed by atoms with van der Waals surface area (Å²) in [5.41, 5.74) is 3.95. The molecule has 1 amide bonds. The highest BCUT2D eigenvalue weighted by Gasteiger charge is 2.11. The molecule has 21 heavy (non-hydrogen) atoms. The van der Waals surface area contributed by atoms with E-state index in [2.05, 4.69) is 5.32 Å². The molecule has 1 aromatic carbocycles. The molecule has 5 nitrogen and oxygen atoms in total. The van der Waals surface area contributed by atoms with Crippen molar-refractivity contribution in [1.29, 1.82) is 0 Å². The number of benzene rings is 1. The number of carboxylic acid groups (broad SMARTS) is 1. The van der Waals surface area contributed by atoms with Crippen LogP contribution in [0.5, 0.6) is 0 Å². The van der Waals surface area contributed by atoms with E-state index < -0.39 is 5.97 Å². The fourth-order valence-corrected chi connectivity index (χ4v) is 2.18. The van der Waals surface area contributed by atoms with Gasteiger partial charge >= 0.3 is 5.97 Å². The van der Waals surface area contributed by atoms with Crippen LogP contribution in [0, 0.1) is 13.8 Å². The summed E-state index contributed by atoms with van der Waals surface area (Å²) in [6.07, 6.45) is 2.35. The lowest BCUT2D eigenvalue weighted by Crippen LogP contribution is -2.26.